The first kappa shape index (κ1) is 12.7. The van der Waals surface area contributed by atoms with E-state index in [1.807, 2.05) is 0 Å². The Labute approximate surface area is 107 Å². The summed E-state index contributed by atoms with van der Waals surface area (Å²) in [6.07, 6.45) is 0. The standard InChI is InChI=1S/C14H7F2NO2/c15-10-2-4-11(5-3-10)19-14-7-9(13(18)8-17)1-6-12(14)16/h1-7H. The van der Waals surface area contributed by atoms with Crippen LogP contribution in [0, 0.1) is 23.0 Å². The summed E-state index contributed by atoms with van der Waals surface area (Å²) in [6, 6.07) is 9.77. The average molecular weight is 259 g/mol. The number of rotatable bonds is 3. The van der Waals surface area contributed by atoms with Gasteiger partial charge in [0.15, 0.2) is 11.6 Å². The molecule has 0 saturated heterocycles. The van der Waals surface area contributed by atoms with E-state index in [1.165, 1.54) is 24.3 Å². The van der Waals surface area contributed by atoms with Gasteiger partial charge in [0.25, 0.3) is 5.78 Å². The minimum Gasteiger partial charge on any atom is -0.454 e. The van der Waals surface area contributed by atoms with Crippen LogP contribution in [-0.2, 0) is 0 Å². The van der Waals surface area contributed by atoms with Gasteiger partial charge in [0.2, 0.25) is 0 Å². The molecule has 5 heteroatoms. The van der Waals surface area contributed by atoms with Crippen LogP contribution in [0.5, 0.6) is 11.5 Å². The second-order valence-electron chi connectivity index (χ2n) is 3.64. The summed E-state index contributed by atoms with van der Waals surface area (Å²) in [7, 11) is 0. The van der Waals surface area contributed by atoms with Crippen molar-refractivity contribution in [3.05, 3.63) is 59.7 Å². The Morgan fingerprint density at radius 2 is 1.79 bits per heavy atom. The molecule has 0 aliphatic heterocycles. The Bertz CT molecular complexity index is 660. The summed E-state index contributed by atoms with van der Waals surface area (Å²) in [6.45, 7) is 0. The summed E-state index contributed by atoms with van der Waals surface area (Å²) in [5, 5.41) is 8.49. The molecule has 0 heterocycles. The van der Waals surface area contributed by atoms with Gasteiger partial charge >= 0.3 is 0 Å². The van der Waals surface area contributed by atoms with E-state index < -0.39 is 17.4 Å². The lowest BCUT2D eigenvalue weighted by Crippen LogP contribution is -1.97. The maximum absolute atomic E-state index is 13.5. The zero-order valence-electron chi connectivity index (χ0n) is 9.56. The van der Waals surface area contributed by atoms with Gasteiger partial charge in [-0.3, -0.25) is 4.79 Å². The first-order valence-corrected chi connectivity index (χ1v) is 5.27. The summed E-state index contributed by atoms with van der Waals surface area (Å²) in [5.41, 5.74) is 0.0287. The lowest BCUT2D eigenvalue weighted by molar-refractivity contribution is 0.105. The Balaban J connectivity index is 2.32. The van der Waals surface area contributed by atoms with E-state index in [-0.39, 0.29) is 17.1 Å². The summed E-state index contributed by atoms with van der Waals surface area (Å²) in [5.74, 6) is -1.89. The number of Topliss-reactive ketones (excluding diaryl/α,β-unsaturated/α-hetero) is 1. The van der Waals surface area contributed by atoms with Crippen molar-refractivity contribution in [1.29, 1.82) is 5.26 Å². The van der Waals surface area contributed by atoms with Crippen molar-refractivity contribution >= 4 is 5.78 Å². The maximum atomic E-state index is 13.5. The van der Waals surface area contributed by atoms with E-state index in [1.54, 1.807) is 0 Å². The van der Waals surface area contributed by atoms with Crippen LogP contribution in [0.15, 0.2) is 42.5 Å². The molecule has 0 aliphatic carbocycles. The average Bonchev–Trinajstić information content (AvgIpc) is 2.43. The number of ether oxygens (including phenoxy) is 1. The maximum Gasteiger partial charge on any atom is 0.262 e. The van der Waals surface area contributed by atoms with Crippen molar-refractivity contribution in [1.82, 2.24) is 0 Å². The van der Waals surface area contributed by atoms with Crippen molar-refractivity contribution in [2.75, 3.05) is 0 Å². The van der Waals surface area contributed by atoms with E-state index >= 15 is 0 Å². The first-order valence-electron chi connectivity index (χ1n) is 5.27. The third-order valence-electron chi connectivity index (χ3n) is 2.34. The smallest absolute Gasteiger partial charge is 0.262 e. The number of nitriles is 1. The van der Waals surface area contributed by atoms with Crippen LogP contribution in [0.1, 0.15) is 10.4 Å². The van der Waals surface area contributed by atoms with Crippen LogP contribution in [-0.4, -0.2) is 5.78 Å². The lowest BCUT2D eigenvalue weighted by atomic mass is 10.1. The highest BCUT2D eigenvalue weighted by Gasteiger charge is 2.11. The number of ketones is 1. The molecule has 0 atom stereocenters. The fraction of sp³-hybridized carbons (Fsp3) is 0. The van der Waals surface area contributed by atoms with Gasteiger partial charge in [-0.15, -0.1) is 0 Å². The Morgan fingerprint density at radius 3 is 2.42 bits per heavy atom. The Kier molecular flexibility index (Phi) is 3.53. The van der Waals surface area contributed by atoms with Crippen LogP contribution in [0.25, 0.3) is 0 Å². The van der Waals surface area contributed by atoms with Gasteiger partial charge in [0.05, 0.1) is 0 Å². The van der Waals surface area contributed by atoms with E-state index in [4.69, 9.17) is 10.00 Å². The molecule has 0 saturated carbocycles. The van der Waals surface area contributed by atoms with Gasteiger partial charge in [-0.1, -0.05) is 0 Å². The van der Waals surface area contributed by atoms with Gasteiger partial charge in [0, 0.05) is 5.56 Å². The predicted molar refractivity (Wildman–Crippen MR) is 62.8 cm³/mol. The fourth-order valence-corrected chi connectivity index (χ4v) is 1.42. The van der Waals surface area contributed by atoms with Gasteiger partial charge in [-0.2, -0.15) is 5.26 Å². The molecular formula is C14H7F2NO2. The van der Waals surface area contributed by atoms with Crippen LogP contribution >= 0.6 is 0 Å². The van der Waals surface area contributed by atoms with Gasteiger partial charge < -0.3 is 4.74 Å². The van der Waals surface area contributed by atoms with Crippen molar-refractivity contribution in [3.8, 4) is 17.6 Å². The number of carbonyl (C=O) groups is 1. The minimum absolute atomic E-state index is 0.0287. The minimum atomic E-state index is -0.788. The van der Waals surface area contributed by atoms with Crippen LogP contribution in [0.4, 0.5) is 8.78 Å². The van der Waals surface area contributed by atoms with E-state index in [9.17, 15) is 13.6 Å². The molecule has 0 unspecified atom stereocenters. The van der Waals surface area contributed by atoms with Crippen molar-refractivity contribution in [3.63, 3.8) is 0 Å². The van der Waals surface area contributed by atoms with E-state index in [0.29, 0.717) is 0 Å². The highest BCUT2D eigenvalue weighted by Crippen LogP contribution is 2.25. The normalized spacial score (nSPS) is 9.74. The van der Waals surface area contributed by atoms with Crippen LogP contribution in [0.2, 0.25) is 0 Å². The molecule has 0 N–H and O–H groups in total. The Morgan fingerprint density at radius 1 is 1.11 bits per heavy atom. The van der Waals surface area contributed by atoms with Crippen molar-refractivity contribution in [2.45, 2.75) is 0 Å². The molecule has 0 spiro atoms. The second-order valence-corrected chi connectivity index (χ2v) is 3.64. The van der Waals surface area contributed by atoms with E-state index in [0.717, 1.165) is 24.3 Å². The highest BCUT2D eigenvalue weighted by molar-refractivity contribution is 6.07. The molecular weight excluding hydrogens is 252 g/mol. The topological polar surface area (TPSA) is 50.1 Å². The highest BCUT2D eigenvalue weighted by atomic mass is 19.1. The van der Waals surface area contributed by atoms with Crippen molar-refractivity contribution < 1.29 is 18.3 Å². The molecule has 2 aromatic carbocycles. The first-order chi connectivity index (χ1) is 9.10. The number of benzene rings is 2. The van der Waals surface area contributed by atoms with Gasteiger partial charge in [-0.25, -0.2) is 8.78 Å². The molecule has 0 bridgehead atoms. The monoisotopic (exact) mass is 259 g/mol. The van der Waals surface area contributed by atoms with Crippen LogP contribution < -0.4 is 4.74 Å². The molecule has 0 amide bonds. The molecule has 2 aromatic rings. The molecule has 0 fully saturated rings. The Hall–Kier alpha value is -2.74. The zero-order valence-corrected chi connectivity index (χ0v) is 9.56. The predicted octanol–water partition coefficient (Wildman–Crippen LogP) is 3.46. The van der Waals surface area contributed by atoms with Crippen LogP contribution in [0.3, 0.4) is 0 Å². The van der Waals surface area contributed by atoms with Crippen molar-refractivity contribution in [2.24, 2.45) is 0 Å². The number of nitrogens with zero attached hydrogens (tertiary/aromatic N) is 1. The molecule has 0 radical (unpaired) electrons. The lowest BCUT2D eigenvalue weighted by Gasteiger charge is -2.07. The third kappa shape index (κ3) is 2.93. The fourth-order valence-electron chi connectivity index (χ4n) is 1.42. The van der Waals surface area contributed by atoms with Gasteiger partial charge in [-0.05, 0) is 42.5 Å². The van der Waals surface area contributed by atoms with Gasteiger partial charge in [0.1, 0.15) is 17.6 Å². The largest absolute Gasteiger partial charge is 0.454 e. The summed E-state index contributed by atoms with van der Waals surface area (Å²) in [4.78, 5) is 11.2. The number of hydrogen-bond donors (Lipinski definition) is 0. The molecule has 0 aromatic heterocycles. The molecule has 94 valence electrons. The zero-order chi connectivity index (χ0) is 13.8. The third-order valence-corrected chi connectivity index (χ3v) is 2.34. The number of halogens is 2. The molecule has 2 rings (SSSR count). The quantitative estimate of drug-likeness (QED) is 0.626. The molecule has 19 heavy (non-hydrogen) atoms. The summed E-state index contributed by atoms with van der Waals surface area (Å²) < 4.78 is 31.4. The SMILES string of the molecule is N#CC(=O)c1ccc(F)c(Oc2ccc(F)cc2)c1. The summed E-state index contributed by atoms with van der Waals surface area (Å²) >= 11 is 0. The van der Waals surface area contributed by atoms with E-state index in [2.05, 4.69) is 0 Å². The molecule has 0 aliphatic rings. The number of hydrogen-bond acceptors (Lipinski definition) is 3. The molecule has 3 nitrogen and oxygen atoms in total. The second kappa shape index (κ2) is 5.27. The number of carbonyl (C=O) groups excluding carboxylic acids is 1.